The highest BCUT2D eigenvalue weighted by atomic mass is 32.2. The third kappa shape index (κ3) is 4.13. The van der Waals surface area contributed by atoms with Crippen LogP contribution in [-0.2, 0) is 0 Å². The predicted molar refractivity (Wildman–Crippen MR) is 76.7 cm³/mol. The molecule has 0 aliphatic carbocycles. The van der Waals surface area contributed by atoms with Crippen LogP contribution in [0.4, 0.5) is 0 Å². The monoisotopic (exact) mass is 260 g/mol. The van der Waals surface area contributed by atoms with Crippen molar-refractivity contribution in [3.05, 3.63) is 0 Å². The first-order valence-electron chi connectivity index (χ1n) is 6.42. The van der Waals surface area contributed by atoms with E-state index in [1.165, 1.54) is 43.3 Å². The highest BCUT2D eigenvalue weighted by Gasteiger charge is 2.25. The van der Waals surface area contributed by atoms with Gasteiger partial charge < -0.3 is 10.2 Å². The van der Waals surface area contributed by atoms with Crippen molar-refractivity contribution in [2.75, 3.05) is 36.9 Å². The Morgan fingerprint density at radius 3 is 2.94 bits per heavy atom. The van der Waals surface area contributed by atoms with Gasteiger partial charge in [-0.25, -0.2) is 0 Å². The van der Waals surface area contributed by atoms with Crippen molar-refractivity contribution in [2.24, 2.45) is 0 Å². The number of nitrogens with zero attached hydrogens (tertiary/aromatic N) is 1. The number of thioether (sulfide) groups is 2. The lowest BCUT2D eigenvalue weighted by Gasteiger charge is -2.26. The summed E-state index contributed by atoms with van der Waals surface area (Å²) in [6.45, 7) is 8.37. The van der Waals surface area contributed by atoms with Gasteiger partial charge in [0.25, 0.3) is 0 Å². The third-order valence-corrected chi connectivity index (χ3v) is 6.02. The van der Waals surface area contributed by atoms with Gasteiger partial charge in [-0.2, -0.15) is 23.5 Å². The summed E-state index contributed by atoms with van der Waals surface area (Å²) in [5.41, 5.74) is 0. The summed E-state index contributed by atoms with van der Waals surface area (Å²) in [6.07, 6.45) is 1.34. The van der Waals surface area contributed by atoms with E-state index in [2.05, 4.69) is 47.6 Å². The lowest BCUT2D eigenvalue weighted by Crippen LogP contribution is -2.38. The topological polar surface area (TPSA) is 15.3 Å². The van der Waals surface area contributed by atoms with Gasteiger partial charge in [0.1, 0.15) is 0 Å². The fourth-order valence-electron chi connectivity index (χ4n) is 2.54. The summed E-state index contributed by atoms with van der Waals surface area (Å²) < 4.78 is 0. The van der Waals surface area contributed by atoms with Crippen LogP contribution in [0.25, 0.3) is 0 Å². The Morgan fingerprint density at radius 1 is 1.38 bits per heavy atom. The van der Waals surface area contributed by atoms with E-state index in [1.807, 2.05) is 0 Å². The summed E-state index contributed by atoms with van der Waals surface area (Å²) in [6, 6.07) is 1.37. The van der Waals surface area contributed by atoms with E-state index < -0.39 is 0 Å². The van der Waals surface area contributed by atoms with Gasteiger partial charge in [-0.3, -0.25) is 0 Å². The van der Waals surface area contributed by atoms with Crippen molar-refractivity contribution in [1.29, 1.82) is 0 Å². The van der Waals surface area contributed by atoms with Crippen molar-refractivity contribution in [2.45, 2.75) is 37.6 Å². The van der Waals surface area contributed by atoms with E-state index in [0.717, 1.165) is 11.3 Å². The molecule has 0 amide bonds. The molecule has 2 rings (SSSR count). The van der Waals surface area contributed by atoms with Crippen LogP contribution >= 0.6 is 23.5 Å². The lowest BCUT2D eigenvalue weighted by molar-refractivity contribution is 0.329. The van der Waals surface area contributed by atoms with Gasteiger partial charge in [0.15, 0.2) is 0 Å². The first-order chi connectivity index (χ1) is 7.74. The first kappa shape index (κ1) is 13.1. The molecule has 0 aromatic carbocycles. The smallest absolute Gasteiger partial charge is 0.0265 e. The molecule has 2 saturated heterocycles. The van der Waals surface area contributed by atoms with Crippen molar-refractivity contribution < 1.29 is 0 Å². The minimum atomic E-state index is 0.629. The molecule has 0 saturated carbocycles. The standard InChI is InChI=1S/C12H24N2S2/c1-10(2)13-11-3-4-14(7-11)8-12-9-15-5-6-16-12/h10-13H,3-9H2,1-2H3. The molecule has 94 valence electrons. The quantitative estimate of drug-likeness (QED) is 0.830. The van der Waals surface area contributed by atoms with Crippen LogP contribution in [0.5, 0.6) is 0 Å². The average molecular weight is 260 g/mol. The summed E-state index contributed by atoms with van der Waals surface area (Å²) in [5, 5.41) is 4.54. The third-order valence-electron chi connectivity index (χ3n) is 3.19. The summed E-state index contributed by atoms with van der Waals surface area (Å²) in [4.78, 5) is 2.66. The molecule has 0 spiro atoms. The predicted octanol–water partition coefficient (Wildman–Crippen LogP) is 1.91. The molecule has 2 fully saturated rings. The number of hydrogen-bond donors (Lipinski definition) is 1. The Balaban J connectivity index is 1.67. The van der Waals surface area contributed by atoms with Crippen LogP contribution in [-0.4, -0.2) is 59.1 Å². The second kappa shape index (κ2) is 6.53. The van der Waals surface area contributed by atoms with Gasteiger partial charge >= 0.3 is 0 Å². The van der Waals surface area contributed by atoms with Gasteiger partial charge in [0.2, 0.25) is 0 Å². The molecule has 2 aliphatic rings. The van der Waals surface area contributed by atoms with Crippen LogP contribution < -0.4 is 5.32 Å². The molecule has 0 aromatic heterocycles. The summed E-state index contributed by atoms with van der Waals surface area (Å²) >= 11 is 4.32. The van der Waals surface area contributed by atoms with Crippen molar-refractivity contribution >= 4 is 23.5 Å². The number of rotatable bonds is 4. The maximum atomic E-state index is 3.66. The SMILES string of the molecule is CC(C)NC1CCN(CC2CSCCS2)C1. The van der Waals surface area contributed by atoms with Gasteiger partial charge in [-0.1, -0.05) is 13.8 Å². The second-order valence-corrected chi connectivity index (χ2v) is 7.69. The molecule has 16 heavy (non-hydrogen) atoms. The fourth-order valence-corrected chi connectivity index (χ4v) is 5.25. The first-order valence-corrected chi connectivity index (χ1v) is 8.62. The van der Waals surface area contributed by atoms with E-state index in [0.29, 0.717) is 6.04 Å². The summed E-state index contributed by atoms with van der Waals surface area (Å²) in [5.74, 6) is 4.08. The van der Waals surface area contributed by atoms with Crippen LogP contribution in [0.1, 0.15) is 20.3 Å². The Morgan fingerprint density at radius 2 is 2.25 bits per heavy atom. The zero-order chi connectivity index (χ0) is 11.4. The van der Waals surface area contributed by atoms with E-state index in [9.17, 15) is 0 Å². The van der Waals surface area contributed by atoms with Crippen molar-refractivity contribution in [3.8, 4) is 0 Å². The lowest BCUT2D eigenvalue weighted by atomic mass is 10.2. The highest BCUT2D eigenvalue weighted by Crippen LogP contribution is 2.25. The molecular weight excluding hydrogens is 236 g/mol. The molecule has 1 N–H and O–H groups in total. The van der Waals surface area contributed by atoms with Crippen molar-refractivity contribution in [3.63, 3.8) is 0 Å². The van der Waals surface area contributed by atoms with Gasteiger partial charge in [-0.05, 0) is 13.0 Å². The molecule has 2 aliphatic heterocycles. The van der Waals surface area contributed by atoms with Crippen LogP contribution in [0, 0.1) is 0 Å². The molecule has 0 bridgehead atoms. The van der Waals surface area contributed by atoms with E-state index >= 15 is 0 Å². The molecule has 0 radical (unpaired) electrons. The average Bonchev–Trinajstić information content (AvgIpc) is 2.66. The van der Waals surface area contributed by atoms with Crippen LogP contribution in [0.15, 0.2) is 0 Å². The van der Waals surface area contributed by atoms with Crippen LogP contribution in [0.2, 0.25) is 0 Å². The molecule has 2 heterocycles. The number of nitrogens with one attached hydrogen (secondary N) is 1. The van der Waals surface area contributed by atoms with Gasteiger partial charge in [-0.15, -0.1) is 0 Å². The van der Waals surface area contributed by atoms with Crippen LogP contribution in [0.3, 0.4) is 0 Å². The Hall–Kier alpha value is 0.620. The molecule has 2 nitrogen and oxygen atoms in total. The molecule has 0 aromatic rings. The maximum Gasteiger partial charge on any atom is 0.0265 e. The minimum absolute atomic E-state index is 0.629. The van der Waals surface area contributed by atoms with Gasteiger partial charge in [0.05, 0.1) is 0 Å². The molecular formula is C12H24N2S2. The molecule has 2 unspecified atom stereocenters. The highest BCUT2D eigenvalue weighted by molar-refractivity contribution is 8.06. The number of hydrogen-bond acceptors (Lipinski definition) is 4. The van der Waals surface area contributed by atoms with Crippen molar-refractivity contribution in [1.82, 2.24) is 10.2 Å². The molecule has 4 heteroatoms. The Kier molecular flexibility index (Phi) is 5.33. The number of likely N-dealkylation sites (tertiary alicyclic amines) is 1. The Bertz CT molecular complexity index is 205. The van der Waals surface area contributed by atoms with E-state index in [-0.39, 0.29) is 0 Å². The minimum Gasteiger partial charge on any atom is -0.310 e. The Labute approximate surface area is 108 Å². The van der Waals surface area contributed by atoms with Gasteiger partial charge in [0, 0.05) is 47.7 Å². The summed E-state index contributed by atoms with van der Waals surface area (Å²) in [7, 11) is 0. The zero-order valence-electron chi connectivity index (χ0n) is 10.4. The fraction of sp³-hybridized carbons (Fsp3) is 1.00. The molecule has 2 atom stereocenters. The zero-order valence-corrected chi connectivity index (χ0v) is 12.1. The van der Waals surface area contributed by atoms with E-state index in [4.69, 9.17) is 0 Å². The maximum absolute atomic E-state index is 3.66. The second-order valence-electron chi connectivity index (χ2n) is 5.13. The van der Waals surface area contributed by atoms with E-state index in [1.54, 1.807) is 0 Å². The normalized spacial score (nSPS) is 32.4. The largest absolute Gasteiger partial charge is 0.310 e.